The van der Waals surface area contributed by atoms with Crippen molar-refractivity contribution < 1.29 is 18.8 Å². The van der Waals surface area contributed by atoms with E-state index in [0.29, 0.717) is 28.5 Å². The van der Waals surface area contributed by atoms with Gasteiger partial charge in [-0.05, 0) is 31.2 Å². The van der Waals surface area contributed by atoms with E-state index in [1.807, 2.05) is 0 Å². The normalized spacial score (nSPS) is 10.5. The number of benzene rings is 1. The first-order valence-electron chi connectivity index (χ1n) is 8.76. The fourth-order valence-electron chi connectivity index (χ4n) is 2.69. The zero-order valence-electron chi connectivity index (χ0n) is 15.9. The molecule has 144 valence electrons. The lowest BCUT2D eigenvalue weighted by molar-refractivity contribution is 0.0526. The van der Waals surface area contributed by atoms with E-state index in [-0.39, 0.29) is 19.1 Å². The number of amides is 1. The molecule has 1 aromatic carbocycles. The maximum atomic E-state index is 12.6. The monoisotopic (exact) mass is 380 g/mol. The van der Waals surface area contributed by atoms with Crippen LogP contribution in [0.2, 0.25) is 0 Å². The number of esters is 1. The molecule has 2 aromatic heterocycles. The van der Waals surface area contributed by atoms with Gasteiger partial charge in [0.15, 0.2) is 5.82 Å². The summed E-state index contributed by atoms with van der Waals surface area (Å²) in [5, 5.41) is 3.79. The van der Waals surface area contributed by atoms with E-state index in [1.54, 1.807) is 63.5 Å². The van der Waals surface area contributed by atoms with Gasteiger partial charge < -0.3 is 14.2 Å². The number of carbonyl (C=O) groups is 2. The van der Waals surface area contributed by atoms with Gasteiger partial charge >= 0.3 is 5.97 Å². The zero-order valence-corrected chi connectivity index (χ0v) is 15.9. The van der Waals surface area contributed by atoms with Crippen molar-refractivity contribution in [2.75, 3.05) is 13.7 Å². The van der Waals surface area contributed by atoms with Crippen LogP contribution in [-0.4, -0.2) is 45.6 Å². The highest BCUT2D eigenvalue weighted by molar-refractivity contribution is 5.97. The Morgan fingerprint density at radius 1 is 1.18 bits per heavy atom. The SMILES string of the molecule is CCOC(=O)c1cccnc1-c1ccc(C(=O)N(C)Cc2noc(C)n2)cc1. The second kappa shape index (κ2) is 8.43. The minimum Gasteiger partial charge on any atom is -0.462 e. The summed E-state index contributed by atoms with van der Waals surface area (Å²) in [6.45, 7) is 3.97. The topological polar surface area (TPSA) is 98.4 Å². The minimum atomic E-state index is -0.430. The Bertz CT molecular complexity index is 982. The Labute approximate surface area is 162 Å². The van der Waals surface area contributed by atoms with Gasteiger partial charge in [-0.3, -0.25) is 9.78 Å². The maximum Gasteiger partial charge on any atom is 0.340 e. The summed E-state index contributed by atoms with van der Waals surface area (Å²) in [7, 11) is 1.67. The third-order valence-electron chi connectivity index (χ3n) is 4.00. The Balaban J connectivity index is 1.78. The molecular formula is C20H20N4O4. The van der Waals surface area contributed by atoms with Crippen LogP contribution in [0.1, 0.15) is 39.4 Å². The summed E-state index contributed by atoms with van der Waals surface area (Å²) in [5.41, 5.74) is 2.11. The Hall–Kier alpha value is -3.55. The van der Waals surface area contributed by atoms with E-state index >= 15 is 0 Å². The number of aromatic nitrogens is 3. The van der Waals surface area contributed by atoms with Crippen LogP contribution in [-0.2, 0) is 11.3 Å². The van der Waals surface area contributed by atoms with Gasteiger partial charge in [0.2, 0.25) is 5.89 Å². The molecule has 8 heteroatoms. The fourth-order valence-corrected chi connectivity index (χ4v) is 2.69. The molecule has 0 N–H and O–H groups in total. The summed E-state index contributed by atoms with van der Waals surface area (Å²) in [6, 6.07) is 10.2. The smallest absolute Gasteiger partial charge is 0.340 e. The minimum absolute atomic E-state index is 0.180. The fraction of sp³-hybridized carbons (Fsp3) is 0.250. The quantitative estimate of drug-likeness (QED) is 0.606. The van der Waals surface area contributed by atoms with E-state index < -0.39 is 5.97 Å². The lowest BCUT2D eigenvalue weighted by Gasteiger charge is -2.15. The number of nitrogens with zero attached hydrogens (tertiary/aromatic N) is 4. The second-order valence-electron chi connectivity index (χ2n) is 6.09. The number of carbonyl (C=O) groups excluding carboxylic acids is 2. The second-order valence-corrected chi connectivity index (χ2v) is 6.09. The summed E-state index contributed by atoms with van der Waals surface area (Å²) in [4.78, 5) is 34.6. The first-order valence-corrected chi connectivity index (χ1v) is 8.76. The van der Waals surface area contributed by atoms with Crippen LogP contribution < -0.4 is 0 Å². The Kier molecular flexibility index (Phi) is 5.78. The molecule has 0 atom stereocenters. The van der Waals surface area contributed by atoms with Crippen molar-refractivity contribution in [2.45, 2.75) is 20.4 Å². The molecule has 8 nitrogen and oxygen atoms in total. The highest BCUT2D eigenvalue weighted by atomic mass is 16.5. The molecule has 0 radical (unpaired) electrons. The van der Waals surface area contributed by atoms with Crippen molar-refractivity contribution in [3.05, 3.63) is 65.4 Å². The molecule has 3 aromatic rings. The summed E-state index contributed by atoms with van der Waals surface area (Å²) in [6.07, 6.45) is 1.61. The number of hydrogen-bond donors (Lipinski definition) is 0. The molecule has 3 rings (SSSR count). The maximum absolute atomic E-state index is 12.6. The van der Waals surface area contributed by atoms with Crippen molar-refractivity contribution in [3.63, 3.8) is 0 Å². The molecule has 28 heavy (non-hydrogen) atoms. The molecule has 0 unspecified atom stereocenters. The summed E-state index contributed by atoms with van der Waals surface area (Å²) >= 11 is 0. The van der Waals surface area contributed by atoms with Crippen LogP contribution in [0, 0.1) is 6.92 Å². The standard InChI is InChI=1S/C20H20N4O4/c1-4-27-20(26)16-6-5-11-21-18(16)14-7-9-15(10-8-14)19(25)24(3)12-17-22-13(2)28-23-17/h5-11H,4,12H2,1-3H3. The molecule has 0 bridgehead atoms. The average molecular weight is 380 g/mol. The molecule has 0 spiro atoms. The van der Waals surface area contributed by atoms with Crippen LogP contribution in [0.3, 0.4) is 0 Å². The van der Waals surface area contributed by atoms with Gasteiger partial charge in [0.25, 0.3) is 5.91 Å². The Morgan fingerprint density at radius 3 is 2.57 bits per heavy atom. The van der Waals surface area contributed by atoms with Crippen molar-refractivity contribution in [1.82, 2.24) is 20.0 Å². The van der Waals surface area contributed by atoms with Gasteiger partial charge in [0.1, 0.15) is 0 Å². The molecule has 1 amide bonds. The molecule has 0 saturated carbocycles. The predicted octanol–water partition coefficient (Wildman–Crippen LogP) is 2.89. The number of hydrogen-bond acceptors (Lipinski definition) is 7. The van der Waals surface area contributed by atoms with E-state index in [4.69, 9.17) is 9.26 Å². The molecule has 0 saturated heterocycles. The summed E-state index contributed by atoms with van der Waals surface area (Å²) in [5.74, 6) is 0.284. The van der Waals surface area contributed by atoms with Gasteiger partial charge in [0.05, 0.1) is 24.4 Å². The van der Waals surface area contributed by atoms with Gasteiger partial charge in [-0.25, -0.2) is 4.79 Å². The van der Waals surface area contributed by atoms with Crippen LogP contribution in [0.25, 0.3) is 11.3 Å². The highest BCUT2D eigenvalue weighted by Gasteiger charge is 2.17. The molecule has 0 aliphatic heterocycles. The van der Waals surface area contributed by atoms with Crippen molar-refractivity contribution in [2.24, 2.45) is 0 Å². The van der Waals surface area contributed by atoms with Crippen molar-refractivity contribution >= 4 is 11.9 Å². The molecular weight excluding hydrogens is 360 g/mol. The van der Waals surface area contributed by atoms with Gasteiger partial charge in [0, 0.05) is 31.3 Å². The van der Waals surface area contributed by atoms with E-state index in [1.165, 1.54) is 4.90 Å². The van der Waals surface area contributed by atoms with Gasteiger partial charge in [-0.15, -0.1) is 0 Å². The molecule has 0 aliphatic rings. The lowest BCUT2D eigenvalue weighted by Crippen LogP contribution is -2.26. The third kappa shape index (κ3) is 4.22. The first kappa shape index (κ1) is 19.2. The van der Waals surface area contributed by atoms with Gasteiger partial charge in [-0.1, -0.05) is 17.3 Å². The molecule has 2 heterocycles. The van der Waals surface area contributed by atoms with E-state index in [0.717, 1.165) is 5.56 Å². The number of pyridine rings is 1. The third-order valence-corrected chi connectivity index (χ3v) is 4.00. The van der Waals surface area contributed by atoms with Crippen LogP contribution in [0.5, 0.6) is 0 Å². The van der Waals surface area contributed by atoms with E-state index in [2.05, 4.69) is 15.1 Å². The van der Waals surface area contributed by atoms with Crippen LogP contribution >= 0.6 is 0 Å². The number of aryl methyl sites for hydroxylation is 1. The van der Waals surface area contributed by atoms with Crippen molar-refractivity contribution in [3.8, 4) is 11.3 Å². The number of ether oxygens (including phenoxy) is 1. The first-order chi connectivity index (χ1) is 13.5. The number of rotatable bonds is 6. The lowest BCUT2D eigenvalue weighted by atomic mass is 10.0. The van der Waals surface area contributed by atoms with E-state index in [9.17, 15) is 9.59 Å². The van der Waals surface area contributed by atoms with Gasteiger partial charge in [-0.2, -0.15) is 4.98 Å². The molecule has 0 aliphatic carbocycles. The van der Waals surface area contributed by atoms with Crippen LogP contribution in [0.15, 0.2) is 47.1 Å². The Morgan fingerprint density at radius 2 is 1.93 bits per heavy atom. The summed E-state index contributed by atoms with van der Waals surface area (Å²) < 4.78 is 10.0. The predicted molar refractivity (Wildman–Crippen MR) is 100 cm³/mol. The van der Waals surface area contributed by atoms with Crippen molar-refractivity contribution in [1.29, 1.82) is 0 Å². The average Bonchev–Trinajstić information content (AvgIpc) is 3.12. The van der Waals surface area contributed by atoms with Crippen LogP contribution in [0.4, 0.5) is 0 Å². The zero-order chi connectivity index (χ0) is 20.1. The largest absolute Gasteiger partial charge is 0.462 e. The molecule has 0 fully saturated rings. The highest BCUT2D eigenvalue weighted by Crippen LogP contribution is 2.23.